The lowest BCUT2D eigenvalue weighted by molar-refractivity contribution is -0.137. The SMILES string of the molecule is FC(F)(F)c1cccc([C@H](c2nnnn2CCc2ccccc2)N2CCCC2)c1. The van der Waals surface area contributed by atoms with Crippen LogP contribution in [0.2, 0.25) is 0 Å². The minimum absolute atomic E-state index is 0.398. The molecule has 0 bridgehead atoms. The summed E-state index contributed by atoms with van der Waals surface area (Å²) >= 11 is 0. The molecule has 0 spiro atoms. The molecule has 2 aromatic carbocycles. The number of tetrazole rings is 1. The van der Waals surface area contributed by atoms with Crippen molar-refractivity contribution in [2.24, 2.45) is 0 Å². The van der Waals surface area contributed by atoms with E-state index in [-0.39, 0.29) is 0 Å². The van der Waals surface area contributed by atoms with Gasteiger partial charge < -0.3 is 0 Å². The molecular formula is C21H22F3N5. The van der Waals surface area contributed by atoms with Crippen LogP contribution >= 0.6 is 0 Å². The van der Waals surface area contributed by atoms with E-state index in [0.717, 1.165) is 44.0 Å². The van der Waals surface area contributed by atoms with Crippen molar-refractivity contribution in [2.75, 3.05) is 13.1 Å². The quantitative estimate of drug-likeness (QED) is 0.623. The largest absolute Gasteiger partial charge is 0.416 e. The van der Waals surface area contributed by atoms with Gasteiger partial charge in [-0.15, -0.1) is 5.10 Å². The Morgan fingerprint density at radius 3 is 2.45 bits per heavy atom. The van der Waals surface area contributed by atoms with E-state index in [2.05, 4.69) is 20.4 Å². The Balaban J connectivity index is 1.66. The predicted octanol–water partition coefficient (Wildman–Crippen LogP) is 4.12. The summed E-state index contributed by atoms with van der Waals surface area (Å²) in [6.07, 6.45) is -1.61. The molecule has 1 aliphatic rings. The van der Waals surface area contributed by atoms with Gasteiger partial charge in [-0.25, -0.2) is 4.68 Å². The van der Waals surface area contributed by atoms with E-state index in [1.54, 1.807) is 10.7 Å². The second-order valence-electron chi connectivity index (χ2n) is 7.26. The molecule has 1 fully saturated rings. The summed E-state index contributed by atoms with van der Waals surface area (Å²) < 4.78 is 41.6. The molecule has 29 heavy (non-hydrogen) atoms. The van der Waals surface area contributed by atoms with Gasteiger partial charge in [0.2, 0.25) is 0 Å². The second kappa shape index (κ2) is 8.32. The van der Waals surface area contributed by atoms with Crippen LogP contribution in [0.3, 0.4) is 0 Å². The van der Waals surface area contributed by atoms with Crippen LogP contribution in [0.4, 0.5) is 13.2 Å². The zero-order valence-electron chi connectivity index (χ0n) is 15.9. The van der Waals surface area contributed by atoms with Gasteiger partial charge in [0.25, 0.3) is 0 Å². The highest BCUT2D eigenvalue weighted by atomic mass is 19.4. The molecular weight excluding hydrogens is 379 g/mol. The van der Waals surface area contributed by atoms with Crippen LogP contribution in [0.25, 0.3) is 0 Å². The van der Waals surface area contributed by atoms with Crippen LogP contribution in [0, 0.1) is 0 Å². The fourth-order valence-corrected chi connectivity index (χ4v) is 3.85. The number of alkyl halides is 3. The molecule has 2 heterocycles. The number of rotatable bonds is 6. The Hall–Kier alpha value is -2.74. The van der Waals surface area contributed by atoms with Gasteiger partial charge in [-0.3, -0.25) is 4.90 Å². The molecule has 0 radical (unpaired) electrons. The molecule has 4 rings (SSSR count). The zero-order valence-corrected chi connectivity index (χ0v) is 15.9. The lowest BCUT2D eigenvalue weighted by Gasteiger charge is -2.27. The first-order valence-corrected chi connectivity index (χ1v) is 9.73. The minimum atomic E-state index is -4.38. The number of likely N-dealkylation sites (tertiary alicyclic amines) is 1. The van der Waals surface area contributed by atoms with Gasteiger partial charge in [-0.2, -0.15) is 13.2 Å². The second-order valence-corrected chi connectivity index (χ2v) is 7.26. The van der Waals surface area contributed by atoms with Crippen molar-refractivity contribution in [2.45, 2.75) is 38.0 Å². The van der Waals surface area contributed by atoms with Gasteiger partial charge in [-0.1, -0.05) is 42.5 Å². The zero-order chi connectivity index (χ0) is 20.3. The van der Waals surface area contributed by atoms with Crippen LogP contribution in [0.15, 0.2) is 54.6 Å². The first kappa shape index (κ1) is 19.6. The van der Waals surface area contributed by atoms with E-state index in [1.165, 1.54) is 12.1 Å². The molecule has 3 aromatic rings. The molecule has 1 aliphatic heterocycles. The van der Waals surface area contributed by atoms with Crippen molar-refractivity contribution in [3.63, 3.8) is 0 Å². The van der Waals surface area contributed by atoms with Crippen molar-refractivity contribution in [3.8, 4) is 0 Å². The first-order chi connectivity index (χ1) is 14.0. The molecule has 152 valence electrons. The van der Waals surface area contributed by atoms with E-state index in [9.17, 15) is 13.2 Å². The van der Waals surface area contributed by atoms with Crippen molar-refractivity contribution in [1.82, 2.24) is 25.1 Å². The van der Waals surface area contributed by atoms with Crippen LogP contribution in [0.1, 0.15) is 41.4 Å². The number of aromatic nitrogens is 4. The molecule has 0 N–H and O–H groups in total. The first-order valence-electron chi connectivity index (χ1n) is 9.73. The highest BCUT2D eigenvalue weighted by Gasteiger charge is 2.34. The van der Waals surface area contributed by atoms with Crippen molar-refractivity contribution >= 4 is 0 Å². The summed E-state index contributed by atoms with van der Waals surface area (Å²) in [6.45, 7) is 2.19. The third-order valence-electron chi connectivity index (χ3n) is 5.29. The van der Waals surface area contributed by atoms with Gasteiger partial charge in [0.05, 0.1) is 11.6 Å². The van der Waals surface area contributed by atoms with Gasteiger partial charge in [0, 0.05) is 6.54 Å². The summed E-state index contributed by atoms with van der Waals surface area (Å²) in [5, 5.41) is 12.2. The maximum absolute atomic E-state index is 13.3. The third-order valence-corrected chi connectivity index (χ3v) is 5.29. The van der Waals surface area contributed by atoms with Crippen LogP contribution in [-0.4, -0.2) is 38.2 Å². The van der Waals surface area contributed by atoms with E-state index >= 15 is 0 Å². The Morgan fingerprint density at radius 2 is 1.72 bits per heavy atom. The number of halogens is 3. The topological polar surface area (TPSA) is 46.8 Å². The number of aryl methyl sites for hydroxylation is 2. The molecule has 0 aliphatic carbocycles. The molecule has 8 heteroatoms. The van der Waals surface area contributed by atoms with Gasteiger partial charge >= 0.3 is 6.18 Å². The normalized spacial score (nSPS) is 16.2. The average Bonchev–Trinajstić information content (AvgIpc) is 3.40. The minimum Gasteiger partial charge on any atom is -0.290 e. The third kappa shape index (κ3) is 4.48. The molecule has 0 unspecified atom stereocenters. The fraction of sp³-hybridized carbons (Fsp3) is 0.381. The fourth-order valence-electron chi connectivity index (χ4n) is 3.85. The van der Waals surface area contributed by atoms with Crippen LogP contribution < -0.4 is 0 Å². The van der Waals surface area contributed by atoms with E-state index in [0.29, 0.717) is 17.9 Å². The highest BCUT2D eigenvalue weighted by molar-refractivity contribution is 5.31. The summed E-state index contributed by atoms with van der Waals surface area (Å²) in [7, 11) is 0. The number of benzene rings is 2. The van der Waals surface area contributed by atoms with E-state index in [4.69, 9.17) is 0 Å². The van der Waals surface area contributed by atoms with E-state index in [1.807, 2.05) is 30.3 Å². The lowest BCUT2D eigenvalue weighted by atomic mass is 10.0. The summed E-state index contributed by atoms with van der Waals surface area (Å²) in [6, 6.07) is 15.1. The summed E-state index contributed by atoms with van der Waals surface area (Å²) in [4.78, 5) is 2.17. The van der Waals surface area contributed by atoms with Crippen LogP contribution in [0.5, 0.6) is 0 Å². The molecule has 1 saturated heterocycles. The van der Waals surface area contributed by atoms with Gasteiger partial charge in [-0.05, 0) is 66.0 Å². The smallest absolute Gasteiger partial charge is 0.290 e. The summed E-state index contributed by atoms with van der Waals surface area (Å²) in [5.74, 6) is 0.585. The number of nitrogens with zero attached hydrogens (tertiary/aromatic N) is 5. The van der Waals surface area contributed by atoms with Crippen molar-refractivity contribution in [3.05, 3.63) is 77.1 Å². The van der Waals surface area contributed by atoms with Crippen molar-refractivity contribution < 1.29 is 13.2 Å². The Morgan fingerprint density at radius 1 is 0.966 bits per heavy atom. The number of hydrogen-bond acceptors (Lipinski definition) is 4. The monoisotopic (exact) mass is 401 g/mol. The van der Waals surface area contributed by atoms with Gasteiger partial charge in [0.15, 0.2) is 5.82 Å². The van der Waals surface area contributed by atoms with Crippen LogP contribution in [-0.2, 0) is 19.1 Å². The molecule has 5 nitrogen and oxygen atoms in total. The maximum atomic E-state index is 13.3. The molecule has 0 saturated carbocycles. The number of hydrogen-bond donors (Lipinski definition) is 0. The van der Waals surface area contributed by atoms with E-state index < -0.39 is 17.8 Å². The van der Waals surface area contributed by atoms with Crippen molar-refractivity contribution in [1.29, 1.82) is 0 Å². The highest BCUT2D eigenvalue weighted by Crippen LogP contribution is 2.35. The molecule has 1 aromatic heterocycles. The molecule has 0 amide bonds. The lowest BCUT2D eigenvalue weighted by Crippen LogP contribution is -2.30. The Bertz CT molecular complexity index is 933. The summed E-state index contributed by atoms with van der Waals surface area (Å²) in [5.41, 5.74) is 1.07. The standard InChI is InChI=1S/C21H22F3N5/c22-21(23,24)18-10-6-9-17(15-18)19(28-12-4-5-13-28)20-25-26-27-29(20)14-11-16-7-2-1-3-8-16/h1-3,6-10,15,19H,4-5,11-14H2/t19-/m1/s1. The predicted molar refractivity (Wildman–Crippen MR) is 102 cm³/mol. The Kier molecular flexibility index (Phi) is 5.62. The maximum Gasteiger partial charge on any atom is 0.416 e. The molecule has 1 atom stereocenters. The average molecular weight is 401 g/mol. The Labute approximate surface area is 167 Å². The van der Waals surface area contributed by atoms with Gasteiger partial charge in [0.1, 0.15) is 0 Å².